The van der Waals surface area contributed by atoms with Gasteiger partial charge in [0.15, 0.2) is 12.2 Å². The van der Waals surface area contributed by atoms with E-state index in [1.54, 1.807) is 0 Å². The third-order valence-corrected chi connectivity index (χ3v) is 24.1. The van der Waals surface area contributed by atoms with Crippen LogP contribution in [0.3, 0.4) is 0 Å². The Kier molecular flexibility index (Phi) is 80.7. The lowest BCUT2D eigenvalue weighted by molar-refractivity contribution is -0.161. The third kappa shape index (κ3) is 81.2. The fraction of sp³-hybridized carbons (Fsp3) is 0.956. The molecule has 0 spiro atoms. The summed E-state index contributed by atoms with van der Waals surface area (Å²) in [6.45, 7) is 9.81. The monoisotopic (exact) mass is 1610 g/mol. The average Bonchev–Trinajstić information content (AvgIpc) is 0.900. The van der Waals surface area contributed by atoms with Gasteiger partial charge in [-0.3, -0.25) is 37.3 Å². The van der Waals surface area contributed by atoms with Gasteiger partial charge in [-0.15, -0.1) is 0 Å². The highest BCUT2D eigenvalue weighted by atomic mass is 31.2. The summed E-state index contributed by atoms with van der Waals surface area (Å²) < 4.78 is 69.1. The van der Waals surface area contributed by atoms with Crippen LogP contribution in [0.5, 0.6) is 0 Å². The molecule has 7 atom stereocenters. The molecule has 0 rings (SSSR count). The number of phosphoric ester groups is 2. The lowest BCUT2D eigenvalue weighted by Crippen LogP contribution is -2.30. The van der Waals surface area contributed by atoms with Crippen molar-refractivity contribution in [2.45, 2.75) is 509 Å². The minimum atomic E-state index is -4.97. The van der Waals surface area contributed by atoms with Crippen LogP contribution in [-0.4, -0.2) is 96.7 Å². The van der Waals surface area contributed by atoms with Crippen molar-refractivity contribution in [3.8, 4) is 0 Å². The Morgan fingerprint density at radius 1 is 0.255 bits per heavy atom. The number of esters is 4. The number of aliphatic hydroxyl groups excluding tert-OH is 1. The molecule has 19 heteroatoms. The van der Waals surface area contributed by atoms with E-state index in [1.165, 1.54) is 308 Å². The molecule has 0 fully saturated rings. The molecule has 3 N–H and O–H groups in total. The number of ether oxygens (including phenoxy) is 4. The fourth-order valence-electron chi connectivity index (χ4n) is 14.2. The molecular weight excluding hydrogens is 1430 g/mol. The number of carbonyl (C=O) groups is 4. The van der Waals surface area contributed by atoms with Crippen LogP contribution in [0.15, 0.2) is 0 Å². The number of unbranched alkanes of at least 4 members (excludes halogenated alkanes) is 58. The number of carbonyl (C=O) groups excluding carboxylic acids is 4. The summed E-state index contributed by atoms with van der Waals surface area (Å²) in [4.78, 5) is 73.4. The van der Waals surface area contributed by atoms with Crippen LogP contribution in [0, 0.1) is 11.8 Å². The Hall–Kier alpha value is -1.94. The van der Waals surface area contributed by atoms with E-state index in [4.69, 9.17) is 37.0 Å². The van der Waals surface area contributed by atoms with E-state index >= 15 is 0 Å². The van der Waals surface area contributed by atoms with E-state index in [1.807, 2.05) is 0 Å². The van der Waals surface area contributed by atoms with Gasteiger partial charge >= 0.3 is 39.5 Å². The van der Waals surface area contributed by atoms with Crippen molar-refractivity contribution < 1.29 is 80.2 Å². The Morgan fingerprint density at radius 3 is 0.645 bits per heavy atom. The zero-order chi connectivity index (χ0) is 80.6. The Labute approximate surface area is 677 Å². The minimum Gasteiger partial charge on any atom is -0.462 e. The molecule has 0 heterocycles. The number of hydrogen-bond donors (Lipinski definition) is 3. The maximum Gasteiger partial charge on any atom is 0.472 e. The summed E-state index contributed by atoms with van der Waals surface area (Å²) in [5, 5.41) is 10.7. The number of phosphoric acid groups is 2. The first-order valence-electron chi connectivity index (χ1n) is 47.1. The van der Waals surface area contributed by atoms with E-state index in [-0.39, 0.29) is 25.7 Å². The smallest absolute Gasteiger partial charge is 0.462 e. The molecule has 0 amide bonds. The van der Waals surface area contributed by atoms with Crippen molar-refractivity contribution in [1.82, 2.24) is 0 Å². The number of rotatable bonds is 90. The second-order valence-electron chi connectivity index (χ2n) is 33.2. The van der Waals surface area contributed by atoms with Crippen LogP contribution in [0.25, 0.3) is 0 Å². The summed E-state index contributed by atoms with van der Waals surface area (Å²) >= 11 is 0. The van der Waals surface area contributed by atoms with E-state index < -0.39 is 97.5 Å². The van der Waals surface area contributed by atoms with Crippen molar-refractivity contribution in [1.29, 1.82) is 0 Å². The van der Waals surface area contributed by atoms with Crippen LogP contribution in [0.1, 0.15) is 491 Å². The van der Waals surface area contributed by atoms with Crippen LogP contribution < -0.4 is 0 Å². The van der Waals surface area contributed by atoms with Gasteiger partial charge < -0.3 is 33.8 Å². The van der Waals surface area contributed by atoms with Gasteiger partial charge in [-0.05, 0) is 37.5 Å². The summed E-state index contributed by atoms with van der Waals surface area (Å²) in [6, 6.07) is 0. The normalized spacial score (nSPS) is 14.2. The molecule has 0 aromatic rings. The summed E-state index contributed by atoms with van der Waals surface area (Å²) in [7, 11) is -9.94. The van der Waals surface area contributed by atoms with Gasteiger partial charge in [-0.2, -0.15) is 0 Å². The second-order valence-corrected chi connectivity index (χ2v) is 36.1. The summed E-state index contributed by atoms with van der Waals surface area (Å²) in [6.07, 6.45) is 76.2. The van der Waals surface area contributed by atoms with Crippen molar-refractivity contribution in [2.24, 2.45) is 11.8 Å². The van der Waals surface area contributed by atoms with Gasteiger partial charge in [0.2, 0.25) is 0 Å². The quantitative estimate of drug-likeness (QED) is 0.0222. The lowest BCUT2D eigenvalue weighted by Gasteiger charge is -2.21. The summed E-state index contributed by atoms with van der Waals surface area (Å²) in [5.41, 5.74) is 0. The fourth-order valence-corrected chi connectivity index (χ4v) is 15.8. The third-order valence-electron chi connectivity index (χ3n) is 22.2. The topological polar surface area (TPSA) is 237 Å². The maximum absolute atomic E-state index is 13.2. The molecule has 110 heavy (non-hydrogen) atoms. The van der Waals surface area contributed by atoms with Gasteiger partial charge in [0.05, 0.1) is 26.4 Å². The highest BCUT2D eigenvalue weighted by Crippen LogP contribution is 2.45. The minimum absolute atomic E-state index is 0.108. The van der Waals surface area contributed by atoms with Crippen molar-refractivity contribution in [2.75, 3.05) is 39.6 Å². The van der Waals surface area contributed by atoms with Gasteiger partial charge in [-0.1, -0.05) is 440 Å². The molecule has 0 aromatic heterocycles. The van der Waals surface area contributed by atoms with Gasteiger partial charge in [-0.25, -0.2) is 9.13 Å². The first-order chi connectivity index (χ1) is 53.4. The van der Waals surface area contributed by atoms with Crippen LogP contribution in [-0.2, 0) is 65.4 Å². The molecule has 0 radical (unpaired) electrons. The SMILES string of the molecule is CCCCCCCCCCCCCCCCCCCCCCCCC(=O)O[C@H](COC(=O)CCCCCCCCCCCCCCCCC(C)CC)COP(=O)(O)OC[C@@H](O)COP(=O)(O)OC[C@@H](COC(=O)CCCCCCCCCCCCCC)OC(=O)CCCCCCCCCCCCCCCCC(C)CC. The average molecular weight is 1610 g/mol. The first-order valence-corrected chi connectivity index (χ1v) is 50.1. The second kappa shape index (κ2) is 82.2. The molecule has 654 valence electrons. The maximum atomic E-state index is 13.2. The Morgan fingerprint density at radius 2 is 0.436 bits per heavy atom. The van der Waals surface area contributed by atoms with Gasteiger partial charge in [0, 0.05) is 25.7 Å². The van der Waals surface area contributed by atoms with Crippen molar-refractivity contribution >= 4 is 39.5 Å². The Balaban J connectivity index is 5.25. The number of aliphatic hydroxyl groups is 1. The van der Waals surface area contributed by atoms with Gasteiger partial charge in [0.1, 0.15) is 19.3 Å². The van der Waals surface area contributed by atoms with Crippen LogP contribution in [0.2, 0.25) is 0 Å². The molecular formula is C91H178O17P2. The molecule has 0 bridgehead atoms. The zero-order valence-corrected chi connectivity index (χ0v) is 74.4. The largest absolute Gasteiger partial charge is 0.472 e. The summed E-state index contributed by atoms with van der Waals surface area (Å²) in [5.74, 6) is -0.399. The highest BCUT2D eigenvalue weighted by Gasteiger charge is 2.31. The molecule has 0 aromatic carbocycles. The molecule has 0 saturated heterocycles. The Bertz CT molecular complexity index is 2100. The molecule has 4 unspecified atom stereocenters. The van der Waals surface area contributed by atoms with Gasteiger partial charge in [0.25, 0.3) is 0 Å². The van der Waals surface area contributed by atoms with Crippen molar-refractivity contribution in [3.05, 3.63) is 0 Å². The van der Waals surface area contributed by atoms with E-state index in [0.29, 0.717) is 25.7 Å². The number of hydrogen-bond acceptors (Lipinski definition) is 15. The molecule has 0 saturated carbocycles. The highest BCUT2D eigenvalue weighted by molar-refractivity contribution is 7.47. The van der Waals surface area contributed by atoms with Crippen LogP contribution in [0.4, 0.5) is 0 Å². The molecule has 0 aliphatic heterocycles. The molecule has 0 aliphatic rings. The van der Waals surface area contributed by atoms with E-state index in [2.05, 4.69) is 41.5 Å². The zero-order valence-electron chi connectivity index (χ0n) is 72.6. The molecule has 17 nitrogen and oxygen atoms in total. The lowest BCUT2D eigenvalue weighted by atomic mass is 9.99. The molecule has 0 aliphatic carbocycles. The van der Waals surface area contributed by atoms with E-state index in [0.717, 1.165) is 102 Å². The van der Waals surface area contributed by atoms with E-state index in [9.17, 15) is 43.2 Å². The first kappa shape index (κ1) is 108. The predicted octanol–water partition coefficient (Wildman–Crippen LogP) is 28.2. The van der Waals surface area contributed by atoms with Crippen LogP contribution >= 0.6 is 15.6 Å². The predicted molar refractivity (Wildman–Crippen MR) is 455 cm³/mol. The van der Waals surface area contributed by atoms with Crippen molar-refractivity contribution in [3.63, 3.8) is 0 Å². The standard InChI is InChI=1S/C91H178O17P2/c1-7-11-13-15-17-19-21-23-24-25-26-27-28-29-30-31-39-45-51-57-63-69-75-90(95)108-87(80-102-89(94)74-68-62-56-50-44-38-34-32-36-41-47-53-59-65-71-83(5)9-3)82-106-110(99,100)104-78-85(92)77-103-109(97,98)105-81-86(79-101-88(93)73-67-61-55-49-43-22-20-18-16-14-12-8-2)107-91(96)76-70-64-58-52-46-40-35-33-37-42-48-54-60-66-72-84(6)10-4/h83-87,92H,7-82H2,1-6H3,(H,97,98)(H,99,100)/t83?,84?,85-,86+,87+/m0/s1.